The van der Waals surface area contributed by atoms with Crippen molar-refractivity contribution in [3.8, 4) is 5.75 Å². The Balaban J connectivity index is 2.14. The van der Waals surface area contributed by atoms with Gasteiger partial charge in [-0.1, -0.05) is 44.2 Å². The molecule has 0 fully saturated rings. The topological polar surface area (TPSA) is 29.5 Å². The third-order valence-electron chi connectivity index (χ3n) is 4.66. The number of para-hydroxylation sites is 1. The Morgan fingerprint density at radius 1 is 1.10 bits per heavy atom. The van der Waals surface area contributed by atoms with Crippen LogP contribution in [0.1, 0.15) is 30.5 Å². The first kappa shape index (κ1) is 22.2. The maximum absolute atomic E-state index is 13.0. The lowest BCUT2D eigenvalue weighted by atomic mass is 10.0. The Labute approximate surface area is 182 Å². The minimum absolute atomic E-state index is 0.192. The second-order valence-corrected chi connectivity index (χ2v) is 8.14. The van der Waals surface area contributed by atoms with Crippen molar-refractivity contribution in [1.82, 2.24) is 4.90 Å². The van der Waals surface area contributed by atoms with Gasteiger partial charge < -0.3 is 9.64 Å². The van der Waals surface area contributed by atoms with Gasteiger partial charge in [-0.25, -0.2) is 0 Å². The van der Waals surface area contributed by atoms with Crippen LogP contribution in [0.5, 0.6) is 5.75 Å². The fourth-order valence-electron chi connectivity index (χ4n) is 3.31. The molecule has 0 aromatic heterocycles. The summed E-state index contributed by atoms with van der Waals surface area (Å²) >= 11 is 3.44. The van der Waals surface area contributed by atoms with Crippen LogP contribution in [-0.4, -0.2) is 24.5 Å². The lowest BCUT2D eigenvalue weighted by Gasteiger charge is -2.23. The summed E-state index contributed by atoms with van der Waals surface area (Å²) in [6, 6.07) is 12.2. The zero-order valence-electron chi connectivity index (χ0n) is 16.8. The molecule has 3 nitrogen and oxygen atoms in total. The highest BCUT2D eigenvalue weighted by molar-refractivity contribution is 9.12. The summed E-state index contributed by atoms with van der Waals surface area (Å²) in [5.74, 6) is 0.604. The molecular weight excluding hydrogens is 459 g/mol. The molecule has 0 radical (unpaired) electrons. The minimum Gasteiger partial charge on any atom is -0.496 e. The van der Waals surface area contributed by atoms with Crippen molar-refractivity contribution in [3.05, 3.63) is 75.4 Å². The number of methoxy groups -OCH3 is 1. The highest BCUT2D eigenvalue weighted by Gasteiger charge is 2.36. The lowest BCUT2D eigenvalue weighted by Crippen LogP contribution is -2.29. The van der Waals surface area contributed by atoms with Crippen LogP contribution in [0.4, 0.5) is 13.2 Å². The monoisotopic (exact) mass is 479 g/mol. The normalized spacial score (nSPS) is 16.2. The third-order valence-corrected chi connectivity index (χ3v) is 5.40. The van der Waals surface area contributed by atoms with Crippen molar-refractivity contribution in [2.45, 2.75) is 20.0 Å². The molecule has 1 heterocycles. The number of rotatable bonds is 5. The smallest absolute Gasteiger partial charge is 0.416 e. The molecule has 2 aromatic carbocycles. The Morgan fingerprint density at radius 3 is 2.30 bits per heavy atom. The maximum Gasteiger partial charge on any atom is 0.416 e. The summed E-state index contributed by atoms with van der Waals surface area (Å²) in [5.41, 5.74) is 1.84. The minimum atomic E-state index is -4.40. The number of nitrogens with zero attached hydrogens (tertiary/aromatic N) is 1. The largest absolute Gasteiger partial charge is 0.496 e. The van der Waals surface area contributed by atoms with E-state index in [9.17, 15) is 18.0 Å². The van der Waals surface area contributed by atoms with Crippen LogP contribution < -0.4 is 4.74 Å². The van der Waals surface area contributed by atoms with E-state index in [0.29, 0.717) is 33.6 Å². The van der Waals surface area contributed by atoms with Crippen molar-refractivity contribution in [1.29, 1.82) is 0 Å². The standard InChI is InChI=1S/C23H21BrF3NO2/c1-14(2)13-28-18(12-15-8-10-16(11-9-15)23(25,26)27)20(21(24)22(28)29)17-6-4-5-7-19(17)30-3/h4-12,14H,13H2,1-3H3/b18-12+. The molecule has 30 heavy (non-hydrogen) atoms. The second-order valence-electron chi connectivity index (χ2n) is 7.35. The summed E-state index contributed by atoms with van der Waals surface area (Å²) in [6.07, 6.45) is -2.67. The Kier molecular flexibility index (Phi) is 6.41. The number of benzene rings is 2. The number of allylic oxidation sites excluding steroid dienone is 1. The van der Waals surface area contributed by atoms with Gasteiger partial charge in [0.15, 0.2) is 0 Å². The zero-order valence-corrected chi connectivity index (χ0v) is 18.3. The Bertz CT molecular complexity index is 1010. The van der Waals surface area contributed by atoms with Gasteiger partial charge in [0.25, 0.3) is 5.91 Å². The number of hydrogen-bond donors (Lipinski definition) is 0. The van der Waals surface area contributed by atoms with E-state index >= 15 is 0 Å². The fraction of sp³-hybridized carbons (Fsp3) is 0.261. The number of carbonyl (C=O) groups is 1. The molecule has 0 unspecified atom stereocenters. The van der Waals surface area contributed by atoms with Crippen molar-refractivity contribution < 1.29 is 22.7 Å². The highest BCUT2D eigenvalue weighted by Crippen LogP contribution is 2.44. The average Bonchev–Trinajstić information content (AvgIpc) is 2.91. The molecule has 2 aromatic rings. The van der Waals surface area contributed by atoms with E-state index in [-0.39, 0.29) is 11.8 Å². The number of halogens is 4. The molecule has 0 saturated heterocycles. The predicted octanol–water partition coefficient (Wildman–Crippen LogP) is 6.36. The summed E-state index contributed by atoms with van der Waals surface area (Å²) in [7, 11) is 1.55. The first-order valence-electron chi connectivity index (χ1n) is 9.37. The van der Waals surface area contributed by atoms with Gasteiger partial charge in [0.1, 0.15) is 5.75 Å². The molecule has 1 amide bonds. The van der Waals surface area contributed by atoms with E-state index in [2.05, 4.69) is 15.9 Å². The molecule has 1 aliphatic heterocycles. The third kappa shape index (κ3) is 4.46. The highest BCUT2D eigenvalue weighted by atomic mass is 79.9. The van der Waals surface area contributed by atoms with E-state index in [1.54, 1.807) is 24.2 Å². The van der Waals surface area contributed by atoms with Crippen LogP contribution in [-0.2, 0) is 11.0 Å². The van der Waals surface area contributed by atoms with Gasteiger partial charge in [0.05, 0.1) is 22.9 Å². The van der Waals surface area contributed by atoms with Crippen molar-refractivity contribution in [2.75, 3.05) is 13.7 Å². The predicted molar refractivity (Wildman–Crippen MR) is 115 cm³/mol. The molecule has 1 aliphatic rings. The molecule has 0 bridgehead atoms. The van der Waals surface area contributed by atoms with Crippen LogP contribution >= 0.6 is 15.9 Å². The molecule has 3 rings (SSSR count). The number of alkyl halides is 3. The maximum atomic E-state index is 13.0. The summed E-state index contributed by atoms with van der Waals surface area (Å²) in [5, 5.41) is 0. The van der Waals surface area contributed by atoms with Crippen LogP contribution in [0.25, 0.3) is 11.6 Å². The fourth-order valence-corrected chi connectivity index (χ4v) is 3.94. The molecule has 0 N–H and O–H groups in total. The number of carbonyl (C=O) groups excluding carboxylic acids is 1. The first-order chi connectivity index (χ1) is 14.1. The molecule has 0 aliphatic carbocycles. The van der Waals surface area contributed by atoms with Crippen LogP contribution in [0, 0.1) is 5.92 Å². The average molecular weight is 480 g/mol. The number of ether oxygens (including phenoxy) is 1. The Hall–Kier alpha value is -2.54. The number of amides is 1. The van der Waals surface area contributed by atoms with Gasteiger partial charge in [-0.15, -0.1) is 0 Å². The van der Waals surface area contributed by atoms with Crippen molar-refractivity contribution in [3.63, 3.8) is 0 Å². The molecule has 0 saturated carbocycles. The van der Waals surface area contributed by atoms with Gasteiger partial charge in [0, 0.05) is 17.7 Å². The second kappa shape index (κ2) is 8.68. The van der Waals surface area contributed by atoms with Crippen LogP contribution in [0.15, 0.2) is 58.7 Å². The lowest BCUT2D eigenvalue weighted by molar-refractivity contribution is -0.137. The molecular formula is C23H21BrF3NO2. The van der Waals surface area contributed by atoms with Gasteiger partial charge in [-0.3, -0.25) is 4.79 Å². The first-order valence-corrected chi connectivity index (χ1v) is 10.2. The van der Waals surface area contributed by atoms with E-state index < -0.39 is 11.7 Å². The van der Waals surface area contributed by atoms with Crippen LogP contribution in [0.2, 0.25) is 0 Å². The molecule has 7 heteroatoms. The van der Waals surface area contributed by atoms with Crippen LogP contribution in [0.3, 0.4) is 0 Å². The van der Waals surface area contributed by atoms with E-state index in [0.717, 1.165) is 17.7 Å². The Morgan fingerprint density at radius 2 is 1.73 bits per heavy atom. The van der Waals surface area contributed by atoms with Crippen molar-refractivity contribution >= 4 is 33.5 Å². The summed E-state index contributed by atoms with van der Waals surface area (Å²) in [4.78, 5) is 14.6. The molecule has 0 spiro atoms. The SMILES string of the molecule is COc1ccccc1C1=C(Br)C(=O)N(CC(C)C)/C1=C/c1ccc(C(F)(F)F)cc1. The van der Waals surface area contributed by atoms with Gasteiger partial charge in [0.2, 0.25) is 0 Å². The van der Waals surface area contributed by atoms with Gasteiger partial charge in [-0.05, 0) is 51.7 Å². The summed E-state index contributed by atoms with van der Waals surface area (Å²) in [6.45, 7) is 4.47. The number of hydrogen-bond acceptors (Lipinski definition) is 2. The van der Waals surface area contributed by atoms with E-state index in [4.69, 9.17) is 4.74 Å². The molecule has 158 valence electrons. The zero-order chi connectivity index (χ0) is 22.1. The molecule has 0 atom stereocenters. The quantitative estimate of drug-likeness (QED) is 0.499. The van der Waals surface area contributed by atoms with E-state index in [1.165, 1.54) is 12.1 Å². The van der Waals surface area contributed by atoms with E-state index in [1.807, 2.05) is 32.0 Å². The van der Waals surface area contributed by atoms with Gasteiger partial charge in [-0.2, -0.15) is 13.2 Å². The summed E-state index contributed by atoms with van der Waals surface area (Å²) < 4.78 is 44.6. The van der Waals surface area contributed by atoms with Gasteiger partial charge >= 0.3 is 6.18 Å². The van der Waals surface area contributed by atoms with Crippen molar-refractivity contribution in [2.24, 2.45) is 5.92 Å².